The maximum atomic E-state index is 12.5. The molecular weight excluding hydrogens is 406 g/mol. The highest BCUT2D eigenvalue weighted by atomic mass is 32.2. The number of thioether (sulfide) groups is 1. The molecule has 2 heterocycles. The van der Waals surface area contributed by atoms with Gasteiger partial charge in [0.25, 0.3) is 0 Å². The highest BCUT2D eigenvalue weighted by Gasteiger charge is 2.17. The molecule has 9 nitrogen and oxygen atoms in total. The van der Waals surface area contributed by atoms with Crippen molar-refractivity contribution in [1.29, 1.82) is 0 Å². The van der Waals surface area contributed by atoms with E-state index in [1.54, 1.807) is 42.7 Å². The molecule has 3 rings (SSSR count). The van der Waals surface area contributed by atoms with Crippen molar-refractivity contribution in [3.8, 4) is 17.3 Å². The van der Waals surface area contributed by atoms with Crippen LogP contribution in [0.15, 0.2) is 58.8 Å². The zero-order valence-electron chi connectivity index (χ0n) is 16.5. The number of furan rings is 1. The molecule has 0 bridgehead atoms. The lowest BCUT2D eigenvalue weighted by molar-refractivity contribution is -0.114. The van der Waals surface area contributed by atoms with Gasteiger partial charge in [0.05, 0.1) is 24.8 Å². The molecule has 0 spiro atoms. The summed E-state index contributed by atoms with van der Waals surface area (Å²) >= 11 is 1.24. The van der Waals surface area contributed by atoms with E-state index >= 15 is 0 Å². The summed E-state index contributed by atoms with van der Waals surface area (Å²) in [6.45, 7) is 5.64. The lowest BCUT2D eigenvalue weighted by atomic mass is 10.2. The molecule has 0 aliphatic carbocycles. The second kappa shape index (κ2) is 9.79. The first kappa shape index (κ1) is 21.2. The molecule has 0 radical (unpaired) electrons. The number of allylic oxidation sites excluding steroid dienone is 1. The number of carbonyl (C=O) groups excluding carboxylic acids is 2. The average molecular weight is 427 g/mol. The summed E-state index contributed by atoms with van der Waals surface area (Å²) in [6.07, 6.45) is 3.28. The van der Waals surface area contributed by atoms with E-state index in [1.165, 1.54) is 25.8 Å². The Labute approximate surface area is 177 Å². The molecule has 2 aromatic heterocycles. The number of anilines is 2. The number of nitrogens with zero attached hydrogens (tertiary/aromatic N) is 3. The van der Waals surface area contributed by atoms with Gasteiger partial charge in [0.2, 0.25) is 17.6 Å². The van der Waals surface area contributed by atoms with E-state index in [0.717, 1.165) is 0 Å². The maximum absolute atomic E-state index is 12.5. The van der Waals surface area contributed by atoms with E-state index in [1.807, 2.05) is 4.57 Å². The van der Waals surface area contributed by atoms with Crippen LogP contribution in [0.5, 0.6) is 5.75 Å². The largest absolute Gasteiger partial charge is 0.495 e. The van der Waals surface area contributed by atoms with Crippen LogP contribution in [0.2, 0.25) is 0 Å². The van der Waals surface area contributed by atoms with Crippen LogP contribution in [0.3, 0.4) is 0 Å². The monoisotopic (exact) mass is 427 g/mol. The number of amides is 2. The SMILES string of the molecule is C=CCn1c(SCC(=O)Nc2cc(NC(C)=O)ccc2OC)nnc1-c1ccco1. The number of hydrogen-bond donors (Lipinski definition) is 2. The molecule has 0 saturated carbocycles. The van der Waals surface area contributed by atoms with Crippen LogP contribution in [0, 0.1) is 0 Å². The molecule has 3 aromatic rings. The zero-order chi connectivity index (χ0) is 21.5. The van der Waals surface area contributed by atoms with Gasteiger partial charge in [-0.2, -0.15) is 0 Å². The fourth-order valence-corrected chi connectivity index (χ4v) is 3.43. The third-order valence-electron chi connectivity index (χ3n) is 3.90. The van der Waals surface area contributed by atoms with Crippen molar-refractivity contribution >= 4 is 35.0 Å². The van der Waals surface area contributed by atoms with Crippen LogP contribution in [0.4, 0.5) is 11.4 Å². The van der Waals surface area contributed by atoms with Crippen LogP contribution in [-0.2, 0) is 16.1 Å². The standard InChI is InChI=1S/C20H21N5O4S/c1-4-9-25-19(17-6-5-10-29-17)23-24-20(25)30-12-18(27)22-15-11-14(21-13(2)26)7-8-16(15)28-3/h4-8,10-11H,1,9,12H2,2-3H3,(H,21,26)(H,22,27). The Morgan fingerprint density at radius 3 is 2.80 bits per heavy atom. The molecule has 30 heavy (non-hydrogen) atoms. The number of ether oxygens (including phenoxy) is 1. The molecule has 1 aromatic carbocycles. The van der Waals surface area contributed by atoms with Crippen molar-refractivity contribution in [2.75, 3.05) is 23.5 Å². The van der Waals surface area contributed by atoms with Gasteiger partial charge in [0, 0.05) is 19.2 Å². The summed E-state index contributed by atoms with van der Waals surface area (Å²) in [5.74, 6) is 1.26. The van der Waals surface area contributed by atoms with Crippen LogP contribution in [0.1, 0.15) is 6.92 Å². The molecule has 10 heteroatoms. The van der Waals surface area contributed by atoms with Gasteiger partial charge in [-0.25, -0.2) is 0 Å². The Bertz CT molecular complexity index is 1050. The number of hydrogen-bond acceptors (Lipinski definition) is 7. The molecule has 0 saturated heterocycles. The number of benzene rings is 1. The first-order valence-corrected chi connectivity index (χ1v) is 9.96. The van der Waals surface area contributed by atoms with Crippen LogP contribution in [-0.4, -0.2) is 39.4 Å². The van der Waals surface area contributed by atoms with E-state index in [-0.39, 0.29) is 17.6 Å². The Morgan fingerprint density at radius 1 is 1.30 bits per heavy atom. The van der Waals surface area contributed by atoms with Gasteiger partial charge in [0.15, 0.2) is 10.9 Å². The summed E-state index contributed by atoms with van der Waals surface area (Å²) in [5, 5.41) is 14.4. The summed E-state index contributed by atoms with van der Waals surface area (Å²) in [6, 6.07) is 8.56. The molecule has 0 unspecified atom stereocenters. The average Bonchev–Trinajstić information content (AvgIpc) is 3.36. The predicted molar refractivity (Wildman–Crippen MR) is 115 cm³/mol. The number of methoxy groups -OCH3 is 1. The van der Waals surface area contributed by atoms with Crippen LogP contribution >= 0.6 is 11.8 Å². The molecule has 2 N–H and O–H groups in total. The van der Waals surface area contributed by atoms with Crippen molar-refractivity contribution in [1.82, 2.24) is 14.8 Å². The minimum atomic E-state index is -0.258. The molecule has 0 aliphatic heterocycles. The van der Waals surface area contributed by atoms with E-state index in [2.05, 4.69) is 27.4 Å². The zero-order valence-corrected chi connectivity index (χ0v) is 17.4. The number of rotatable bonds is 9. The Hall–Kier alpha value is -3.53. The molecule has 0 aliphatic rings. The Kier molecular flexibility index (Phi) is 6.91. The Balaban J connectivity index is 1.71. The molecular formula is C20H21N5O4S. The van der Waals surface area contributed by atoms with Crippen molar-refractivity contribution < 1.29 is 18.7 Å². The van der Waals surface area contributed by atoms with Gasteiger partial charge >= 0.3 is 0 Å². The van der Waals surface area contributed by atoms with Gasteiger partial charge in [0.1, 0.15) is 5.75 Å². The van der Waals surface area contributed by atoms with E-state index in [4.69, 9.17) is 9.15 Å². The third-order valence-corrected chi connectivity index (χ3v) is 4.86. The molecule has 0 fully saturated rings. The number of nitrogens with one attached hydrogen (secondary N) is 2. The summed E-state index contributed by atoms with van der Waals surface area (Å²) in [5.41, 5.74) is 1.01. The molecule has 156 valence electrons. The van der Waals surface area contributed by atoms with Gasteiger partial charge < -0.3 is 19.8 Å². The normalized spacial score (nSPS) is 10.5. The second-order valence-corrected chi connectivity index (χ2v) is 7.06. The predicted octanol–water partition coefficient (Wildman–Crippen LogP) is 3.42. The van der Waals surface area contributed by atoms with Crippen molar-refractivity contribution in [3.05, 3.63) is 49.2 Å². The minimum absolute atomic E-state index is 0.0982. The van der Waals surface area contributed by atoms with Crippen molar-refractivity contribution in [2.24, 2.45) is 0 Å². The first-order chi connectivity index (χ1) is 14.5. The first-order valence-electron chi connectivity index (χ1n) is 8.98. The van der Waals surface area contributed by atoms with Crippen LogP contribution in [0.25, 0.3) is 11.6 Å². The Morgan fingerprint density at radius 2 is 2.13 bits per heavy atom. The van der Waals surface area contributed by atoms with Gasteiger partial charge in [-0.15, -0.1) is 16.8 Å². The van der Waals surface area contributed by atoms with E-state index in [0.29, 0.717) is 40.4 Å². The highest BCUT2D eigenvalue weighted by Crippen LogP contribution is 2.29. The third kappa shape index (κ3) is 5.09. The van der Waals surface area contributed by atoms with Gasteiger partial charge in [-0.1, -0.05) is 17.8 Å². The van der Waals surface area contributed by atoms with E-state index < -0.39 is 0 Å². The highest BCUT2D eigenvalue weighted by molar-refractivity contribution is 7.99. The fraction of sp³-hybridized carbons (Fsp3) is 0.200. The smallest absolute Gasteiger partial charge is 0.234 e. The molecule has 2 amide bonds. The van der Waals surface area contributed by atoms with Gasteiger partial charge in [-0.3, -0.25) is 14.2 Å². The van der Waals surface area contributed by atoms with Crippen molar-refractivity contribution in [3.63, 3.8) is 0 Å². The lowest BCUT2D eigenvalue weighted by Crippen LogP contribution is -2.16. The summed E-state index contributed by atoms with van der Waals surface area (Å²) in [7, 11) is 1.51. The minimum Gasteiger partial charge on any atom is -0.495 e. The van der Waals surface area contributed by atoms with Crippen LogP contribution < -0.4 is 15.4 Å². The summed E-state index contributed by atoms with van der Waals surface area (Å²) in [4.78, 5) is 23.8. The van der Waals surface area contributed by atoms with E-state index in [9.17, 15) is 9.59 Å². The number of carbonyl (C=O) groups is 2. The number of aromatic nitrogens is 3. The summed E-state index contributed by atoms with van der Waals surface area (Å²) < 4.78 is 12.5. The topological polar surface area (TPSA) is 111 Å². The fourth-order valence-electron chi connectivity index (χ4n) is 2.68. The quantitative estimate of drug-likeness (QED) is 0.397. The lowest BCUT2D eigenvalue weighted by Gasteiger charge is -2.12. The molecule has 0 atom stereocenters. The maximum Gasteiger partial charge on any atom is 0.234 e. The van der Waals surface area contributed by atoms with Crippen molar-refractivity contribution in [2.45, 2.75) is 18.6 Å². The second-order valence-electron chi connectivity index (χ2n) is 6.12. The van der Waals surface area contributed by atoms with Gasteiger partial charge in [-0.05, 0) is 30.3 Å².